The van der Waals surface area contributed by atoms with Crippen LogP contribution in [0.1, 0.15) is 18.5 Å². The van der Waals surface area contributed by atoms with E-state index in [4.69, 9.17) is 0 Å². The first-order valence-electron chi connectivity index (χ1n) is 11.8. The van der Waals surface area contributed by atoms with Crippen LogP contribution in [0.25, 0.3) is 50.4 Å². The Labute approximate surface area is 209 Å². The minimum atomic E-state index is -0.480. The Kier molecular flexibility index (Phi) is 4.65. The maximum Gasteiger partial charge on any atom is 0.227 e. The van der Waals surface area contributed by atoms with Crippen molar-refractivity contribution in [2.45, 2.75) is 19.8 Å². The molecule has 0 unspecified atom stereocenters. The van der Waals surface area contributed by atoms with E-state index in [0.29, 0.717) is 39.4 Å². The minimum Gasteiger partial charge on any atom is -0.334 e. The number of aromatic nitrogens is 8. The molecule has 1 aliphatic carbocycles. The molecular weight excluding hydrogens is 473 g/mol. The molecule has 37 heavy (non-hydrogen) atoms. The van der Waals surface area contributed by atoms with Gasteiger partial charge in [-0.2, -0.15) is 5.10 Å². The molecule has 0 spiro atoms. The summed E-state index contributed by atoms with van der Waals surface area (Å²) in [6.07, 6.45) is 10.4. The Morgan fingerprint density at radius 3 is 2.86 bits per heavy atom. The quantitative estimate of drug-likeness (QED) is 0.323. The first-order valence-corrected chi connectivity index (χ1v) is 11.8. The molecule has 0 saturated heterocycles. The molecule has 11 heteroatoms. The second-order valence-corrected chi connectivity index (χ2v) is 9.22. The molecule has 1 saturated carbocycles. The second kappa shape index (κ2) is 8.05. The highest BCUT2D eigenvalue weighted by atomic mass is 19.1. The number of amides is 1. The van der Waals surface area contributed by atoms with Crippen LogP contribution in [0.2, 0.25) is 0 Å². The summed E-state index contributed by atoms with van der Waals surface area (Å²) in [5.41, 5.74) is 5.55. The number of H-pyrrole nitrogens is 2. The molecule has 6 aromatic rings. The van der Waals surface area contributed by atoms with Crippen molar-refractivity contribution in [2.24, 2.45) is 5.92 Å². The molecule has 5 heterocycles. The SMILES string of the molecule is Cc1cn(-c2ccnc3nc(-c4[nH]nc5c(F)cc(-c6cncc(NC(=O)C7CC7)c6)cc45)[nH]c23)cn1. The molecule has 3 N–H and O–H groups in total. The molecule has 10 nitrogen and oxygen atoms in total. The molecule has 1 amide bonds. The number of fused-ring (bicyclic) bond motifs is 2. The zero-order valence-electron chi connectivity index (χ0n) is 19.7. The maximum absolute atomic E-state index is 15.2. The molecule has 1 aliphatic rings. The number of halogens is 1. The molecule has 0 radical (unpaired) electrons. The van der Waals surface area contributed by atoms with Crippen molar-refractivity contribution in [3.8, 4) is 28.3 Å². The van der Waals surface area contributed by atoms with E-state index in [1.807, 2.05) is 29.8 Å². The van der Waals surface area contributed by atoms with Crippen molar-refractivity contribution in [2.75, 3.05) is 5.32 Å². The largest absolute Gasteiger partial charge is 0.334 e. The van der Waals surface area contributed by atoms with Gasteiger partial charge >= 0.3 is 0 Å². The van der Waals surface area contributed by atoms with Crippen LogP contribution in [0, 0.1) is 18.7 Å². The van der Waals surface area contributed by atoms with E-state index in [1.54, 1.807) is 31.0 Å². The number of carbonyl (C=O) groups excluding carboxylic acids is 1. The van der Waals surface area contributed by atoms with Gasteiger partial charge in [-0.25, -0.2) is 19.3 Å². The number of anilines is 1. The van der Waals surface area contributed by atoms with Crippen molar-refractivity contribution in [1.82, 2.24) is 39.7 Å². The molecule has 1 aromatic carbocycles. The van der Waals surface area contributed by atoms with Gasteiger partial charge in [-0.15, -0.1) is 0 Å². The van der Waals surface area contributed by atoms with Gasteiger partial charge in [-0.1, -0.05) is 0 Å². The Morgan fingerprint density at radius 1 is 1.16 bits per heavy atom. The lowest BCUT2D eigenvalue weighted by molar-refractivity contribution is -0.117. The van der Waals surface area contributed by atoms with Crippen molar-refractivity contribution >= 4 is 33.7 Å². The Hall–Kier alpha value is -4.93. The standard InChI is InChI=1S/C26H20FN9O/c1-13-11-36(12-30-13)20-4-5-29-24-23(20)32-25(33-24)22-18-7-15(8-19(27)21(18)34-35-22)16-6-17(10-28-9-16)31-26(37)14-2-3-14/h4-12,14H,2-3H2,1H3,(H,31,37)(H,34,35)(H,29,32,33). The number of aromatic amines is 2. The number of nitrogens with one attached hydrogen (secondary N) is 3. The molecule has 182 valence electrons. The topological polar surface area (TPSA) is 130 Å². The molecular formula is C26H20FN9O. The number of hydrogen-bond donors (Lipinski definition) is 3. The van der Waals surface area contributed by atoms with E-state index in [2.05, 4.69) is 40.4 Å². The van der Waals surface area contributed by atoms with Gasteiger partial charge < -0.3 is 14.9 Å². The average molecular weight is 494 g/mol. The van der Waals surface area contributed by atoms with Gasteiger partial charge in [-0.3, -0.25) is 14.9 Å². The van der Waals surface area contributed by atoms with E-state index in [-0.39, 0.29) is 17.3 Å². The van der Waals surface area contributed by atoms with Crippen molar-refractivity contribution < 1.29 is 9.18 Å². The third-order valence-electron chi connectivity index (χ3n) is 6.50. The lowest BCUT2D eigenvalue weighted by Crippen LogP contribution is -2.13. The highest BCUT2D eigenvalue weighted by Crippen LogP contribution is 2.34. The predicted molar refractivity (Wildman–Crippen MR) is 135 cm³/mol. The fourth-order valence-electron chi connectivity index (χ4n) is 4.46. The average Bonchev–Trinajstić information content (AvgIpc) is 3.29. The normalized spacial score (nSPS) is 13.5. The van der Waals surface area contributed by atoms with Gasteiger partial charge in [0.15, 0.2) is 17.3 Å². The zero-order valence-corrected chi connectivity index (χ0v) is 19.7. The smallest absolute Gasteiger partial charge is 0.227 e. The molecule has 5 aromatic heterocycles. The summed E-state index contributed by atoms with van der Waals surface area (Å²) in [4.78, 5) is 33.1. The molecule has 1 fully saturated rings. The van der Waals surface area contributed by atoms with Gasteiger partial charge in [0.25, 0.3) is 0 Å². The highest BCUT2D eigenvalue weighted by Gasteiger charge is 2.29. The first kappa shape index (κ1) is 21.4. The summed E-state index contributed by atoms with van der Waals surface area (Å²) in [6, 6.07) is 6.91. The van der Waals surface area contributed by atoms with E-state index in [9.17, 15) is 4.79 Å². The fraction of sp³-hybridized carbons (Fsp3) is 0.154. The highest BCUT2D eigenvalue weighted by molar-refractivity contribution is 5.97. The number of aryl methyl sites for hydroxylation is 1. The Balaban J connectivity index is 1.31. The minimum absolute atomic E-state index is 0.0126. The van der Waals surface area contributed by atoms with Gasteiger partial charge in [-0.05, 0) is 49.6 Å². The van der Waals surface area contributed by atoms with Crippen molar-refractivity contribution in [3.63, 3.8) is 0 Å². The maximum atomic E-state index is 15.2. The van der Waals surface area contributed by atoms with E-state index < -0.39 is 5.82 Å². The van der Waals surface area contributed by atoms with Crippen LogP contribution in [0.15, 0.2) is 55.4 Å². The monoisotopic (exact) mass is 493 g/mol. The number of carbonyl (C=O) groups is 1. The van der Waals surface area contributed by atoms with Crippen molar-refractivity contribution in [3.05, 3.63) is 66.9 Å². The van der Waals surface area contributed by atoms with Gasteiger partial charge in [0.2, 0.25) is 5.91 Å². The number of imidazole rings is 2. The summed E-state index contributed by atoms with van der Waals surface area (Å²) in [5.74, 6) is 0.0598. The van der Waals surface area contributed by atoms with Gasteiger partial charge in [0.1, 0.15) is 16.7 Å². The number of hydrogen-bond acceptors (Lipinski definition) is 6. The lowest BCUT2D eigenvalue weighted by Gasteiger charge is -2.07. The molecule has 0 aliphatic heterocycles. The summed E-state index contributed by atoms with van der Waals surface area (Å²) in [6.45, 7) is 1.92. The number of benzene rings is 1. The molecule has 7 rings (SSSR count). The van der Waals surface area contributed by atoms with Crippen LogP contribution in [0.5, 0.6) is 0 Å². The Morgan fingerprint density at radius 2 is 2.05 bits per heavy atom. The number of nitrogens with zero attached hydrogens (tertiary/aromatic N) is 6. The van der Waals surface area contributed by atoms with Crippen LogP contribution >= 0.6 is 0 Å². The van der Waals surface area contributed by atoms with E-state index >= 15 is 4.39 Å². The number of pyridine rings is 2. The predicted octanol–water partition coefficient (Wildman–Crippen LogP) is 4.54. The zero-order chi connectivity index (χ0) is 25.1. The van der Waals surface area contributed by atoms with Crippen LogP contribution in [0.4, 0.5) is 10.1 Å². The van der Waals surface area contributed by atoms with E-state index in [1.165, 1.54) is 6.07 Å². The van der Waals surface area contributed by atoms with Gasteiger partial charge in [0, 0.05) is 35.5 Å². The van der Waals surface area contributed by atoms with E-state index in [0.717, 1.165) is 29.7 Å². The molecule has 0 bridgehead atoms. The summed E-state index contributed by atoms with van der Waals surface area (Å²) < 4.78 is 17.0. The third-order valence-corrected chi connectivity index (χ3v) is 6.50. The van der Waals surface area contributed by atoms with Crippen LogP contribution in [0.3, 0.4) is 0 Å². The third kappa shape index (κ3) is 3.71. The fourth-order valence-corrected chi connectivity index (χ4v) is 4.46. The number of rotatable bonds is 5. The summed E-state index contributed by atoms with van der Waals surface area (Å²) in [5, 5.41) is 10.6. The first-order chi connectivity index (χ1) is 18.0. The Bertz CT molecular complexity index is 1830. The lowest BCUT2D eigenvalue weighted by atomic mass is 10.0. The van der Waals surface area contributed by atoms with Crippen molar-refractivity contribution in [1.29, 1.82) is 0 Å². The summed E-state index contributed by atoms with van der Waals surface area (Å²) in [7, 11) is 0. The van der Waals surface area contributed by atoms with Crippen LogP contribution < -0.4 is 5.32 Å². The summed E-state index contributed by atoms with van der Waals surface area (Å²) >= 11 is 0. The van der Waals surface area contributed by atoms with Crippen LogP contribution in [-0.2, 0) is 4.79 Å². The van der Waals surface area contributed by atoms with Gasteiger partial charge in [0.05, 0.1) is 29.6 Å². The second-order valence-electron chi connectivity index (χ2n) is 9.22. The molecule has 0 atom stereocenters. The van der Waals surface area contributed by atoms with Crippen LogP contribution in [-0.4, -0.2) is 45.6 Å².